The minimum absolute atomic E-state index is 0.108. The Bertz CT molecular complexity index is 565. The van der Waals surface area contributed by atoms with Crippen LogP contribution in [0.4, 0.5) is 4.39 Å². The number of nitrogens with two attached hydrogens (primary N) is 1. The summed E-state index contributed by atoms with van der Waals surface area (Å²) in [5.41, 5.74) is 6.82. The van der Waals surface area contributed by atoms with Gasteiger partial charge in [0.15, 0.2) is 5.78 Å². The zero-order valence-electron chi connectivity index (χ0n) is 10.8. The summed E-state index contributed by atoms with van der Waals surface area (Å²) in [5.74, 6) is -0.406. The summed E-state index contributed by atoms with van der Waals surface area (Å²) in [6, 6.07) is 15.3. The molecule has 0 fully saturated rings. The summed E-state index contributed by atoms with van der Waals surface area (Å²) in [6.07, 6.45) is 0.354. The molecule has 0 heterocycles. The molecule has 98 valence electrons. The molecule has 0 aliphatic rings. The number of hydrogen-bond acceptors (Lipinski definition) is 2. The third-order valence-electron chi connectivity index (χ3n) is 3.31. The second-order valence-corrected chi connectivity index (χ2v) is 4.70. The monoisotopic (exact) mass is 257 g/mol. The van der Waals surface area contributed by atoms with Crippen molar-refractivity contribution in [3.63, 3.8) is 0 Å². The molecule has 2 nitrogen and oxygen atoms in total. The third-order valence-corrected chi connectivity index (χ3v) is 3.31. The van der Waals surface area contributed by atoms with E-state index in [0.717, 1.165) is 11.1 Å². The molecule has 0 aromatic heterocycles. The predicted molar refractivity (Wildman–Crippen MR) is 73.1 cm³/mol. The molecule has 2 aromatic rings. The average molecular weight is 257 g/mol. The van der Waals surface area contributed by atoms with Crippen molar-refractivity contribution in [2.75, 3.05) is 0 Å². The highest BCUT2D eigenvalue weighted by molar-refractivity contribution is 5.87. The van der Waals surface area contributed by atoms with Gasteiger partial charge in [-0.1, -0.05) is 42.5 Å². The number of carbonyl (C=O) groups excluding carboxylic acids is 1. The molecular weight excluding hydrogens is 241 g/mol. The highest BCUT2D eigenvalue weighted by atomic mass is 19.1. The van der Waals surface area contributed by atoms with Crippen LogP contribution in [0.1, 0.15) is 18.1 Å². The van der Waals surface area contributed by atoms with E-state index >= 15 is 0 Å². The zero-order valence-corrected chi connectivity index (χ0v) is 10.8. The number of rotatable bonds is 4. The number of halogens is 1. The maximum atomic E-state index is 12.9. The van der Waals surface area contributed by atoms with Gasteiger partial charge in [0, 0.05) is 6.42 Å². The molecule has 2 N–H and O–H groups in total. The Morgan fingerprint density at radius 1 is 1.11 bits per heavy atom. The second-order valence-electron chi connectivity index (χ2n) is 4.70. The highest BCUT2D eigenvalue weighted by Gasteiger charge is 2.32. The fourth-order valence-electron chi connectivity index (χ4n) is 2.09. The highest BCUT2D eigenvalue weighted by Crippen LogP contribution is 2.24. The Balaban J connectivity index is 2.36. The fourth-order valence-corrected chi connectivity index (χ4v) is 2.09. The molecule has 0 saturated carbocycles. The Hall–Kier alpha value is -2.00. The lowest BCUT2D eigenvalue weighted by Gasteiger charge is -2.27. The predicted octanol–water partition coefficient (Wildman–Crippen LogP) is 2.81. The van der Waals surface area contributed by atoms with E-state index in [0.29, 0.717) is 6.42 Å². The molecule has 0 radical (unpaired) electrons. The molecule has 2 aromatic carbocycles. The molecule has 1 unspecified atom stereocenters. The number of hydrogen-bond donors (Lipinski definition) is 1. The van der Waals surface area contributed by atoms with Crippen molar-refractivity contribution >= 4 is 5.78 Å². The first-order chi connectivity index (χ1) is 9.02. The van der Waals surface area contributed by atoms with Crippen LogP contribution in [0.5, 0.6) is 0 Å². The lowest BCUT2D eigenvalue weighted by Crippen LogP contribution is -2.45. The lowest BCUT2D eigenvalue weighted by atomic mass is 9.82. The van der Waals surface area contributed by atoms with Crippen molar-refractivity contribution in [3.8, 4) is 0 Å². The van der Waals surface area contributed by atoms with Gasteiger partial charge in [0.2, 0.25) is 0 Å². The molecule has 3 heteroatoms. The van der Waals surface area contributed by atoms with E-state index in [1.54, 1.807) is 12.1 Å². The van der Waals surface area contributed by atoms with Crippen LogP contribution in [0.15, 0.2) is 54.6 Å². The summed E-state index contributed by atoms with van der Waals surface area (Å²) < 4.78 is 12.9. The molecule has 2 rings (SSSR count). The third kappa shape index (κ3) is 2.88. The van der Waals surface area contributed by atoms with Crippen LogP contribution >= 0.6 is 0 Å². The van der Waals surface area contributed by atoms with Crippen molar-refractivity contribution in [3.05, 3.63) is 71.5 Å². The molecular formula is C16H16FNO. The van der Waals surface area contributed by atoms with E-state index in [1.807, 2.05) is 30.3 Å². The number of benzene rings is 2. The van der Waals surface area contributed by atoms with Gasteiger partial charge >= 0.3 is 0 Å². The van der Waals surface area contributed by atoms with Crippen LogP contribution in [0.25, 0.3) is 0 Å². The molecule has 0 aliphatic heterocycles. The molecule has 0 aliphatic carbocycles. The van der Waals surface area contributed by atoms with Crippen molar-refractivity contribution in [2.45, 2.75) is 18.9 Å². The van der Waals surface area contributed by atoms with E-state index in [-0.39, 0.29) is 11.6 Å². The second kappa shape index (κ2) is 5.33. The standard InChI is InChI=1S/C16H16FNO/c1-12(19)16(18,14-5-3-2-4-6-14)11-13-7-9-15(17)10-8-13/h2-10H,11,18H2,1H3. The maximum Gasteiger partial charge on any atom is 0.154 e. The van der Waals surface area contributed by atoms with Gasteiger partial charge in [-0.25, -0.2) is 4.39 Å². The van der Waals surface area contributed by atoms with Gasteiger partial charge in [-0.15, -0.1) is 0 Å². The van der Waals surface area contributed by atoms with Gasteiger partial charge in [0.1, 0.15) is 11.4 Å². The van der Waals surface area contributed by atoms with Crippen LogP contribution in [0.3, 0.4) is 0 Å². The molecule has 19 heavy (non-hydrogen) atoms. The van der Waals surface area contributed by atoms with E-state index in [9.17, 15) is 9.18 Å². The van der Waals surface area contributed by atoms with Crippen LogP contribution in [0.2, 0.25) is 0 Å². The van der Waals surface area contributed by atoms with E-state index in [4.69, 9.17) is 5.73 Å². The smallest absolute Gasteiger partial charge is 0.154 e. The van der Waals surface area contributed by atoms with Crippen LogP contribution in [-0.4, -0.2) is 5.78 Å². The van der Waals surface area contributed by atoms with Crippen LogP contribution in [0, 0.1) is 5.82 Å². The van der Waals surface area contributed by atoms with Gasteiger partial charge in [0.05, 0.1) is 0 Å². The summed E-state index contributed by atoms with van der Waals surface area (Å²) in [4.78, 5) is 11.9. The molecule has 0 spiro atoms. The number of Topliss-reactive ketones (excluding diaryl/α,β-unsaturated/α-hetero) is 1. The van der Waals surface area contributed by atoms with Gasteiger partial charge in [-0.2, -0.15) is 0 Å². The first-order valence-electron chi connectivity index (χ1n) is 6.12. The SMILES string of the molecule is CC(=O)C(N)(Cc1ccc(F)cc1)c1ccccc1. The summed E-state index contributed by atoms with van der Waals surface area (Å²) in [5, 5.41) is 0. The Labute approximate surface area is 112 Å². The van der Waals surface area contributed by atoms with Crippen molar-refractivity contribution < 1.29 is 9.18 Å². The summed E-state index contributed by atoms with van der Waals surface area (Å²) in [7, 11) is 0. The Morgan fingerprint density at radius 3 is 2.21 bits per heavy atom. The Morgan fingerprint density at radius 2 is 1.68 bits per heavy atom. The van der Waals surface area contributed by atoms with Crippen molar-refractivity contribution in [1.82, 2.24) is 0 Å². The van der Waals surface area contributed by atoms with Crippen LogP contribution < -0.4 is 5.73 Å². The molecule has 0 amide bonds. The lowest BCUT2D eigenvalue weighted by molar-refractivity contribution is -0.122. The van der Waals surface area contributed by atoms with E-state index in [1.165, 1.54) is 19.1 Å². The minimum atomic E-state index is -1.07. The van der Waals surface area contributed by atoms with E-state index in [2.05, 4.69) is 0 Å². The van der Waals surface area contributed by atoms with Crippen LogP contribution in [-0.2, 0) is 16.8 Å². The quantitative estimate of drug-likeness (QED) is 0.915. The maximum absolute atomic E-state index is 12.9. The molecule has 1 atom stereocenters. The number of ketones is 1. The van der Waals surface area contributed by atoms with Gasteiger partial charge in [-0.05, 0) is 30.2 Å². The average Bonchev–Trinajstić information content (AvgIpc) is 2.42. The zero-order chi connectivity index (χ0) is 13.9. The van der Waals surface area contributed by atoms with Crippen molar-refractivity contribution in [2.24, 2.45) is 5.73 Å². The van der Waals surface area contributed by atoms with Gasteiger partial charge < -0.3 is 5.73 Å². The summed E-state index contributed by atoms with van der Waals surface area (Å²) >= 11 is 0. The topological polar surface area (TPSA) is 43.1 Å². The number of carbonyl (C=O) groups is 1. The van der Waals surface area contributed by atoms with Crippen molar-refractivity contribution in [1.29, 1.82) is 0 Å². The minimum Gasteiger partial charge on any atom is -0.315 e. The fraction of sp³-hybridized carbons (Fsp3) is 0.188. The van der Waals surface area contributed by atoms with E-state index < -0.39 is 5.54 Å². The Kier molecular flexibility index (Phi) is 3.76. The molecule has 0 saturated heterocycles. The molecule has 0 bridgehead atoms. The first kappa shape index (κ1) is 13.4. The first-order valence-corrected chi connectivity index (χ1v) is 6.12. The summed E-state index contributed by atoms with van der Waals surface area (Å²) in [6.45, 7) is 1.48. The largest absolute Gasteiger partial charge is 0.315 e. The van der Waals surface area contributed by atoms with Gasteiger partial charge in [0.25, 0.3) is 0 Å². The normalized spacial score (nSPS) is 13.8. The van der Waals surface area contributed by atoms with Gasteiger partial charge in [-0.3, -0.25) is 4.79 Å².